The molecule has 0 atom stereocenters. The van der Waals surface area contributed by atoms with Crippen LogP contribution in [0.15, 0.2) is 26.6 Å². The van der Waals surface area contributed by atoms with Crippen LogP contribution in [0.5, 0.6) is 0 Å². The Morgan fingerprint density at radius 1 is 1.59 bits per heavy atom. The molecule has 0 fully saturated rings. The third kappa shape index (κ3) is 3.31. The van der Waals surface area contributed by atoms with Crippen LogP contribution in [0, 0.1) is 0 Å². The average molecular weight is 316 g/mol. The molecular formula is C11H14BrN3OS. The Kier molecular flexibility index (Phi) is 4.20. The number of hydrogen-bond acceptors (Lipinski definition) is 5. The average Bonchev–Trinajstić information content (AvgIpc) is 2.88. The molecule has 4 nitrogen and oxygen atoms in total. The van der Waals surface area contributed by atoms with Crippen LogP contribution in [0.4, 0.5) is 6.01 Å². The molecule has 0 saturated heterocycles. The standard InChI is InChI=1S/C11H14BrN3OS/c1-13-4-9-6-16-11(14-9)15(2)5-10-3-8(12)7-17-10/h3,6-7,13H,4-5H2,1-2H3. The fourth-order valence-electron chi connectivity index (χ4n) is 1.47. The largest absolute Gasteiger partial charge is 0.432 e. The van der Waals surface area contributed by atoms with Crippen molar-refractivity contribution in [2.24, 2.45) is 0 Å². The van der Waals surface area contributed by atoms with E-state index in [9.17, 15) is 0 Å². The number of hydrogen-bond donors (Lipinski definition) is 1. The predicted molar refractivity (Wildman–Crippen MR) is 73.4 cm³/mol. The fourth-order valence-corrected chi connectivity index (χ4v) is 2.98. The molecule has 0 unspecified atom stereocenters. The summed E-state index contributed by atoms with van der Waals surface area (Å²) in [5, 5.41) is 5.12. The molecule has 0 bridgehead atoms. The van der Waals surface area contributed by atoms with Gasteiger partial charge in [0.15, 0.2) is 0 Å². The molecule has 1 N–H and O–H groups in total. The third-order valence-electron chi connectivity index (χ3n) is 2.24. The highest BCUT2D eigenvalue weighted by molar-refractivity contribution is 9.10. The molecule has 0 aromatic carbocycles. The van der Waals surface area contributed by atoms with E-state index in [4.69, 9.17) is 4.42 Å². The van der Waals surface area contributed by atoms with Crippen molar-refractivity contribution in [3.05, 3.63) is 32.8 Å². The summed E-state index contributed by atoms with van der Waals surface area (Å²) in [6.45, 7) is 1.53. The monoisotopic (exact) mass is 315 g/mol. The van der Waals surface area contributed by atoms with Gasteiger partial charge in [0.2, 0.25) is 0 Å². The Bertz CT molecular complexity index is 483. The van der Waals surface area contributed by atoms with Gasteiger partial charge in [-0.05, 0) is 29.0 Å². The number of aromatic nitrogens is 1. The van der Waals surface area contributed by atoms with E-state index in [2.05, 4.69) is 37.7 Å². The van der Waals surface area contributed by atoms with E-state index in [0.717, 1.165) is 23.3 Å². The van der Waals surface area contributed by atoms with Crippen LogP contribution < -0.4 is 10.2 Å². The molecule has 0 radical (unpaired) electrons. The van der Waals surface area contributed by atoms with Crippen molar-refractivity contribution in [3.63, 3.8) is 0 Å². The molecule has 2 aromatic rings. The summed E-state index contributed by atoms with van der Waals surface area (Å²) in [6, 6.07) is 2.76. The first-order valence-corrected chi connectivity index (χ1v) is 6.89. The molecule has 0 aliphatic carbocycles. The van der Waals surface area contributed by atoms with E-state index in [-0.39, 0.29) is 0 Å². The molecule has 2 aromatic heterocycles. The number of anilines is 1. The molecule has 92 valence electrons. The summed E-state index contributed by atoms with van der Waals surface area (Å²) < 4.78 is 6.55. The predicted octanol–water partition coefficient (Wildman–Crippen LogP) is 2.85. The van der Waals surface area contributed by atoms with Crippen molar-refractivity contribution < 1.29 is 4.42 Å². The van der Waals surface area contributed by atoms with Crippen molar-refractivity contribution in [1.29, 1.82) is 0 Å². The lowest BCUT2D eigenvalue weighted by molar-refractivity contribution is 0.544. The maximum absolute atomic E-state index is 5.43. The van der Waals surface area contributed by atoms with Crippen molar-refractivity contribution in [3.8, 4) is 0 Å². The van der Waals surface area contributed by atoms with Crippen molar-refractivity contribution in [1.82, 2.24) is 10.3 Å². The Hall–Kier alpha value is -0.850. The van der Waals surface area contributed by atoms with Gasteiger partial charge in [0, 0.05) is 28.3 Å². The zero-order chi connectivity index (χ0) is 12.3. The van der Waals surface area contributed by atoms with Gasteiger partial charge in [0.25, 0.3) is 6.01 Å². The fraction of sp³-hybridized carbons (Fsp3) is 0.364. The zero-order valence-corrected chi connectivity index (χ0v) is 12.1. The third-order valence-corrected chi connectivity index (χ3v) is 3.92. The van der Waals surface area contributed by atoms with Gasteiger partial charge >= 0.3 is 0 Å². The summed E-state index contributed by atoms with van der Waals surface area (Å²) in [5.41, 5.74) is 0.918. The molecule has 6 heteroatoms. The smallest absolute Gasteiger partial charge is 0.297 e. The molecule has 0 spiro atoms. The van der Waals surface area contributed by atoms with Crippen LogP contribution in [0.2, 0.25) is 0 Å². The van der Waals surface area contributed by atoms with Crippen molar-refractivity contribution in [2.75, 3.05) is 19.0 Å². The van der Waals surface area contributed by atoms with Crippen molar-refractivity contribution >= 4 is 33.3 Å². The highest BCUT2D eigenvalue weighted by Gasteiger charge is 2.10. The van der Waals surface area contributed by atoms with Crippen LogP contribution in [0.3, 0.4) is 0 Å². The van der Waals surface area contributed by atoms with E-state index in [1.807, 2.05) is 19.0 Å². The minimum atomic E-state index is 0.653. The van der Waals surface area contributed by atoms with Gasteiger partial charge in [-0.2, -0.15) is 4.98 Å². The maximum atomic E-state index is 5.43. The van der Waals surface area contributed by atoms with E-state index in [0.29, 0.717) is 6.01 Å². The number of nitrogens with zero attached hydrogens (tertiary/aromatic N) is 2. The van der Waals surface area contributed by atoms with Gasteiger partial charge < -0.3 is 14.6 Å². The molecule has 17 heavy (non-hydrogen) atoms. The number of thiophene rings is 1. The van der Waals surface area contributed by atoms with Gasteiger partial charge in [0.05, 0.1) is 12.2 Å². The number of rotatable bonds is 5. The highest BCUT2D eigenvalue weighted by atomic mass is 79.9. The second-order valence-electron chi connectivity index (χ2n) is 3.74. The first-order chi connectivity index (χ1) is 8.19. The molecule has 2 heterocycles. The SMILES string of the molecule is CNCc1coc(N(C)Cc2cc(Br)cs2)n1. The van der Waals surface area contributed by atoms with Crippen LogP contribution in [-0.4, -0.2) is 19.1 Å². The summed E-state index contributed by atoms with van der Waals surface area (Å²) in [5.74, 6) is 0. The lowest BCUT2D eigenvalue weighted by Gasteiger charge is -2.12. The minimum Gasteiger partial charge on any atom is -0.432 e. The van der Waals surface area contributed by atoms with Crippen LogP contribution in [-0.2, 0) is 13.1 Å². The Labute approximate surface area is 113 Å². The summed E-state index contributed by atoms with van der Waals surface area (Å²) in [7, 11) is 3.86. The topological polar surface area (TPSA) is 41.3 Å². The molecule has 0 amide bonds. The van der Waals surface area contributed by atoms with Gasteiger partial charge in [-0.15, -0.1) is 11.3 Å². The van der Waals surface area contributed by atoms with Crippen molar-refractivity contribution in [2.45, 2.75) is 13.1 Å². The van der Waals surface area contributed by atoms with Crippen LogP contribution >= 0.6 is 27.3 Å². The lowest BCUT2D eigenvalue weighted by atomic mass is 10.4. The van der Waals surface area contributed by atoms with E-state index >= 15 is 0 Å². The minimum absolute atomic E-state index is 0.653. The number of halogens is 1. The maximum Gasteiger partial charge on any atom is 0.297 e. The Morgan fingerprint density at radius 3 is 3.06 bits per heavy atom. The summed E-state index contributed by atoms with van der Waals surface area (Å²) in [6.07, 6.45) is 1.69. The summed E-state index contributed by atoms with van der Waals surface area (Å²) >= 11 is 5.17. The van der Waals surface area contributed by atoms with E-state index in [1.54, 1.807) is 17.6 Å². The lowest BCUT2D eigenvalue weighted by Crippen LogP contribution is -2.16. The zero-order valence-electron chi connectivity index (χ0n) is 9.74. The Morgan fingerprint density at radius 2 is 2.41 bits per heavy atom. The first kappa shape index (κ1) is 12.6. The van der Waals surface area contributed by atoms with Gasteiger partial charge in [-0.25, -0.2) is 0 Å². The second kappa shape index (κ2) is 5.66. The van der Waals surface area contributed by atoms with Gasteiger partial charge in [-0.3, -0.25) is 0 Å². The summed E-state index contributed by atoms with van der Waals surface area (Å²) in [4.78, 5) is 7.66. The number of oxazole rings is 1. The van der Waals surface area contributed by atoms with Crippen LogP contribution in [0.1, 0.15) is 10.6 Å². The first-order valence-electron chi connectivity index (χ1n) is 5.22. The normalized spacial score (nSPS) is 10.8. The van der Waals surface area contributed by atoms with E-state index < -0.39 is 0 Å². The molecule has 0 aliphatic heterocycles. The van der Waals surface area contributed by atoms with Crippen LogP contribution in [0.25, 0.3) is 0 Å². The molecule has 2 rings (SSSR count). The molecular weight excluding hydrogens is 302 g/mol. The van der Waals surface area contributed by atoms with Gasteiger partial charge in [0.1, 0.15) is 6.26 Å². The molecule has 0 aliphatic rings. The highest BCUT2D eigenvalue weighted by Crippen LogP contribution is 2.22. The second-order valence-corrected chi connectivity index (χ2v) is 5.65. The quantitative estimate of drug-likeness (QED) is 0.921. The van der Waals surface area contributed by atoms with Gasteiger partial charge in [-0.1, -0.05) is 0 Å². The Balaban J connectivity index is 2.01. The van der Waals surface area contributed by atoms with E-state index in [1.165, 1.54) is 4.88 Å². The number of nitrogens with one attached hydrogen (secondary N) is 1. The molecule has 0 saturated carbocycles.